The first kappa shape index (κ1) is 14.4. The first-order valence-electron chi connectivity index (χ1n) is 6.25. The number of hydrogen-bond donors (Lipinski definition) is 1. The Kier molecular flexibility index (Phi) is 5.34. The van der Waals surface area contributed by atoms with E-state index >= 15 is 0 Å². The van der Waals surface area contributed by atoms with E-state index in [0.717, 1.165) is 13.0 Å². The molecule has 0 bridgehead atoms. The Labute approximate surface area is 108 Å². The lowest BCUT2D eigenvalue weighted by Crippen LogP contribution is -2.37. The van der Waals surface area contributed by atoms with Crippen molar-refractivity contribution < 1.29 is 4.79 Å². The average molecular weight is 253 g/mol. The third-order valence-corrected chi connectivity index (χ3v) is 3.73. The molecular formula is C14H23NOS. The summed E-state index contributed by atoms with van der Waals surface area (Å²) in [5.41, 5.74) is 0.0958. The minimum absolute atomic E-state index is 0.0958. The molecular weight excluding hydrogens is 230 g/mol. The molecule has 1 heterocycles. The van der Waals surface area contributed by atoms with Gasteiger partial charge in [-0.05, 0) is 39.3 Å². The number of carbonyl (C=O) groups is 1. The largest absolute Gasteiger partial charge is 0.312 e. The summed E-state index contributed by atoms with van der Waals surface area (Å²) in [4.78, 5) is 14.3. The predicted molar refractivity (Wildman–Crippen MR) is 74.8 cm³/mol. The normalized spacial score (nSPS) is 11.8. The molecule has 0 radical (unpaired) electrons. The number of thiophene rings is 1. The van der Waals surface area contributed by atoms with Crippen LogP contribution in [0.3, 0.4) is 0 Å². The molecule has 0 unspecified atom stereocenters. The van der Waals surface area contributed by atoms with Gasteiger partial charge in [0.25, 0.3) is 0 Å². The molecule has 3 heteroatoms. The number of nitrogens with one attached hydrogen (secondary N) is 1. The lowest BCUT2D eigenvalue weighted by atomic mass is 10.1. The molecule has 0 aliphatic carbocycles. The Hall–Kier alpha value is -0.670. The maximum absolute atomic E-state index is 11.8. The van der Waals surface area contributed by atoms with Gasteiger partial charge in [0.15, 0.2) is 0 Å². The van der Waals surface area contributed by atoms with Crippen LogP contribution in [0.4, 0.5) is 0 Å². The highest BCUT2D eigenvalue weighted by Gasteiger charge is 2.10. The van der Waals surface area contributed by atoms with Crippen molar-refractivity contribution in [1.82, 2.24) is 5.32 Å². The van der Waals surface area contributed by atoms with E-state index < -0.39 is 0 Å². The van der Waals surface area contributed by atoms with Crippen molar-refractivity contribution in [2.24, 2.45) is 0 Å². The summed E-state index contributed by atoms with van der Waals surface area (Å²) >= 11 is 1.76. The molecule has 17 heavy (non-hydrogen) atoms. The maximum Gasteiger partial charge on any atom is 0.139 e. The van der Waals surface area contributed by atoms with Gasteiger partial charge in [-0.15, -0.1) is 11.3 Å². The number of Topliss-reactive ketones (excluding diaryl/α,β-unsaturated/α-hetero) is 1. The second kappa shape index (κ2) is 6.31. The zero-order valence-electron chi connectivity index (χ0n) is 11.3. The summed E-state index contributed by atoms with van der Waals surface area (Å²) in [6.45, 7) is 9.26. The first-order valence-corrected chi connectivity index (χ1v) is 7.06. The van der Waals surface area contributed by atoms with Crippen molar-refractivity contribution in [3.63, 3.8) is 0 Å². The molecule has 1 N–H and O–H groups in total. The molecule has 0 spiro atoms. The molecule has 0 saturated carbocycles. The topological polar surface area (TPSA) is 29.1 Å². The molecule has 0 amide bonds. The lowest BCUT2D eigenvalue weighted by Gasteiger charge is -2.19. The zero-order chi connectivity index (χ0) is 12.9. The van der Waals surface area contributed by atoms with Gasteiger partial charge < -0.3 is 5.32 Å². The van der Waals surface area contributed by atoms with Gasteiger partial charge in [-0.3, -0.25) is 4.79 Å². The van der Waals surface area contributed by atoms with E-state index in [0.29, 0.717) is 18.6 Å². The van der Waals surface area contributed by atoms with E-state index in [1.165, 1.54) is 9.75 Å². The molecule has 1 rings (SSSR count). The smallest absolute Gasteiger partial charge is 0.139 e. The number of rotatable bonds is 6. The summed E-state index contributed by atoms with van der Waals surface area (Å²) in [5, 5.41) is 3.34. The van der Waals surface area contributed by atoms with Crippen LogP contribution in [0.5, 0.6) is 0 Å². The highest BCUT2D eigenvalue weighted by Crippen LogP contribution is 2.17. The van der Waals surface area contributed by atoms with Crippen LogP contribution in [0, 0.1) is 0 Å². The third kappa shape index (κ3) is 5.99. The first-order chi connectivity index (χ1) is 7.90. The molecule has 0 aliphatic rings. The van der Waals surface area contributed by atoms with Crippen molar-refractivity contribution >= 4 is 17.1 Å². The Morgan fingerprint density at radius 2 is 1.94 bits per heavy atom. The van der Waals surface area contributed by atoms with E-state index in [4.69, 9.17) is 0 Å². The van der Waals surface area contributed by atoms with Crippen LogP contribution in [0.2, 0.25) is 0 Å². The Balaban J connectivity index is 2.30. The van der Waals surface area contributed by atoms with E-state index in [-0.39, 0.29) is 5.54 Å². The quantitative estimate of drug-likeness (QED) is 0.843. The van der Waals surface area contributed by atoms with Crippen LogP contribution in [0.1, 0.15) is 43.9 Å². The van der Waals surface area contributed by atoms with Crippen molar-refractivity contribution in [1.29, 1.82) is 0 Å². The van der Waals surface area contributed by atoms with Crippen molar-refractivity contribution in [2.75, 3.05) is 6.54 Å². The van der Waals surface area contributed by atoms with Gasteiger partial charge in [0, 0.05) is 34.7 Å². The minimum Gasteiger partial charge on any atom is -0.312 e. The fourth-order valence-corrected chi connectivity index (χ4v) is 2.55. The summed E-state index contributed by atoms with van der Waals surface area (Å²) < 4.78 is 0. The number of hydrogen-bond acceptors (Lipinski definition) is 3. The summed E-state index contributed by atoms with van der Waals surface area (Å²) in [6, 6.07) is 4.21. The second-order valence-electron chi connectivity index (χ2n) is 5.36. The van der Waals surface area contributed by atoms with Gasteiger partial charge in [-0.1, -0.05) is 6.92 Å². The highest BCUT2D eigenvalue weighted by atomic mass is 32.1. The Morgan fingerprint density at radius 3 is 2.47 bits per heavy atom. The molecule has 96 valence electrons. The number of ketones is 1. The molecule has 0 saturated heterocycles. The summed E-state index contributed by atoms with van der Waals surface area (Å²) in [7, 11) is 0. The minimum atomic E-state index is 0.0958. The van der Waals surface area contributed by atoms with Crippen LogP contribution in [-0.4, -0.2) is 17.9 Å². The fourth-order valence-electron chi connectivity index (χ4n) is 1.57. The number of carbonyl (C=O) groups excluding carboxylic acids is 1. The zero-order valence-corrected chi connectivity index (χ0v) is 12.1. The summed E-state index contributed by atoms with van der Waals surface area (Å²) in [5.74, 6) is 0.325. The fraction of sp³-hybridized carbons (Fsp3) is 0.643. The van der Waals surface area contributed by atoms with E-state index in [1.54, 1.807) is 11.3 Å². The molecule has 0 aromatic carbocycles. The van der Waals surface area contributed by atoms with E-state index in [9.17, 15) is 4.79 Å². The Bertz CT molecular complexity index is 363. The highest BCUT2D eigenvalue weighted by molar-refractivity contribution is 7.12. The van der Waals surface area contributed by atoms with Crippen LogP contribution >= 0.6 is 11.3 Å². The maximum atomic E-state index is 11.8. The van der Waals surface area contributed by atoms with Gasteiger partial charge in [0.05, 0.1) is 0 Å². The number of aryl methyl sites for hydroxylation is 1. The molecule has 0 aliphatic heterocycles. The van der Waals surface area contributed by atoms with Gasteiger partial charge >= 0.3 is 0 Å². The van der Waals surface area contributed by atoms with Gasteiger partial charge in [0.1, 0.15) is 5.78 Å². The van der Waals surface area contributed by atoms with Crippen molar-refractivity contribution in [3.8, 4) is 0 Å². The van der Waals surface area contributed by atoms with E-state index in [2.05, 4.69) is 45.1 Å². The molecule has 0 atom stereocenters. The van der Waals surface area contributed by atoms with Gasteiger partial charge in [-0.25, -0.2) is 0 Å². The third-order valence-electron chi connectivity index (χ3n) is 2.50. The second-order valence-corrected chi connectivity index (χ2v) is 6.62. The van der Waals surface area contributed by atoms with Crippen LogP contribution in [0.25, 0.3) is 0 Å². The standard InChI is InChI=1S/C14H23NOS/c1-5-12-6-7-13(17-12)10-11(16)8-9-15-14(2,3)4/h6-7,15H,5,8-10H2,1-4H3. The van der Waals surface area contributed by atoms with Crippen molar-refractivity contribution in [2.45, 2.75) is 52.5 Å². The van der Waals surface area contributed by atoms with Crippen LogP contribution in [-0.2, 0) is 17.6 Å². The average Bonchev–Trinajstić information content (AvgIpc) is 2.63. The SMILES string of the molecule is CCc1ccc(CC(=O)CCNC(C)(C)C)s1. The molecule has 1 aromatic heterocycles. The molecule has 2 nitrogen and oxygen atoms in total. The van der Waals surface area contributed by atoms with Crippen LogP contribution < -0.4 is 5.32 Å². The predicted octanol–water partition coefficient (Wildman–Crippen LogP) is 3.20. The Morgan fingerprint density at radius 1 is 1.29 bits per heavy atom. The van der Waals surface area contributed by atoms with Crippen LogP contribution in [0.15, 0.2) is 12.1 Å². The monoisotopic (exact) mass is 253 g/mol. The summed E-state index contributed by atoms with van der Waals surface area (Å²) in [6.07, 6.45) is 2.28. The molecule has 1 aromatic rings. The van der Waals surface area contributed by atoms with Gasteiger partial charge in [0.2, 0.25) is 0 Å². The van der Waals surface area contributed by atoms with E-state index in [1.807, 2.05) is 0 Å². The van der Waals surface area contributed by atoms with Gasteiger partial charge in [-0.2, -0.15) is 0 Å². The van der Waals surface area contributed by atoms with Crippen molar-refractivity contribution in [3.05, 3.63) is 21.9 Å². The molecule has 0 fully saturated rings. The lowest BCUT2D eigenvalue weighted by molar-refractivity contribution is -0.118.